The van der Waals surface area contributed by atoms with Gasteiger partial charge in [0.1, 0.15) is 6.10 Å². The van der Waals surface area contributed by atoms with E-state index >= 15 is 0 Å². The second-order valence-electron chi connectivity index (χ2n) is 4.83. The van der Waals surface area contributed by atoms with Crippen LogP contribution in [0.4, 0.5) is 0 Å². The first-order chi connectivity index (χ1) is 6.49. The van der Waals surface area contributed by atoms with Crippen LogP contribution in [0.25, 0.3) is 0 Å². The third kappa shape index (κ3) is 1.81. The molecule has 1 aliphatic heterocycles. The van der Waals surface area contributed by atoms with Crippen LogP contribution >= 0.6 is 0 Å². The van der Waals surface area contributed by atoms with Gasteiger partial charge in [-0.3, -0.25) is 0 Å². The predicted octanol–water partition coefficient (Wildman–Crippen LogP) is 2.52. The second-order valence-corrected chi connectivity index (χ2v) is 7.41. The van der Waals surface area contributed by atoms with Crippen molar-refractivity contribution in [1.29, 1.82) is 0 Å². The molecule has 0 amide bonds. The summed E-state index contributed by atoms with van der Waals surface area (Å²) < 4.78 is 11.8. The molecule has 2 aliphatic rings. The molecule has 0 saturated carbocycles. The van der Waals surface area contributed by atoms with Gasteiger partial charge in [0.15, 0.2) is 5.79 Å². The van der Waals surface area contributed by atoms with Crippen molar-refractivity contribution in [1.82, 2.24) is 0 Å². The largest absolute Gasteiger partial charge is 0.344 e. The molecule has 1 saturated heterocycles. The Balaban J connectivity index is 2.19. The summed E-state index contributed by atoms with van der Waals surface area (Å²) in [6, 6.07) is 0. The molecule has 0 aromatic carbocycles. The van der Waals surface area contributed by atoms with Crippen LogP contribution in [0.1, 0.15) is 26.7 Å². The average Bonchev–Trinajstić information content (AvgIpc) is 2.36. The van der Waals surface area contributed by atoms with Gasteiger partial charge in [-0.1, -0.05) is 24.4 Å². The van der Waals surface area contributed by atoms with Gasteiger partial charge in [-0.2, -0.15) is 0 Å². The van der Waals surface area contributed by atoms with E-state index in [0.717, 1.165) is 12.8 Å². The molecule has 2 atom stereocenters. The van der Waals surface area contributed by atoms with E-state index in [0.29, 0.717) is 6.10 Å². The molecule has 1 heterocycles. The predicted molar refractivity (Wildman–Crippen MR) is 58.6 cm³/mol. The molecule has 0 N–H and O–H groups in total. The Labute approximate surface area is 87.9 Å². The van der Waals surface area contributed by atoms with Crippen molar-refractivity contribution < 1.29 is 9.47 Å². The summed E-state index contributed by atoms with van der Waals surface area (Å²) in [7, 11) is -0.382. The quantitative estimate of drug-likeness (QED) is 0.621. The maximum atomic E-state index is 5.96. The molecule has 14 heavy (non-hydrogen) atoms. The molecular formula is C11H19O2Si. The lowest BCUT2D eigenvalue weighted by atomic mass is 10.0. The minimum absolute atomic E-state index is 0.252. The fourth-order valence-corrected chi connectivity index (χ4v) is 3.68. The summed E-state index contributed by atoms with van der Waals surface area (Å²) in [5, 5.41) is 1.52. The van der Waals surface area contributed by atoms with Crippen molar-refractivity contribution in [3.63, 3.8) is 0 Å². The Kier molecular flexibility index (Phi) is 2.58. The van der Waals surface area contributed by atoms with Crippen LogP contribution in [0.5, 0.6) is 0 Å². The molecule has 2 rings (SSSR count). The smallest absolute Gasteiger partial charge is 0.164 e. The zero-order chi connectivity index (χ0) is 10.3. The maximum absolute atomic E-state index is 5.96. The molecule has 1 aliphatic carbocycles. The van der Waals surface area contributed by atoms with Crippen LogP contribution in [-0.4, -0.2) is 26.8 Å². The zero-order valence-corrected chi connectivity index (χ0v) is 10.5. The SMILES string of the molecule is C[Si](C)C1=CCC[C@@H]2OC(C)(C)O[C@H]12. The van der Waals surface area contributed by atoms with Crippen LogP contribution in [0.3, 0.4) is 0 Å². The molecule has 0 unspecified atom stereocenters. The number of allylic oxidation sites excluding steroid dienone is 1. The highest BCUT2D eigenvalue weighted by Gasteiger charge is 2.44. The van der Waals surface area contributed by atoms with Gasteiger partial charge in [0, 0.05) is 0 Å². The van der Waals surface area contributed by atoms with Crippen LogP contribution < -0.4 is 0 Å². The van der Waals surface area contributed by atoms with Crippen LogP contribution in [0, 0.1) is 0 Å². The Bertz CT molecular complexity index is 258. The van der Waals surface area contributed by atoms with E-state index in [1.165, 1.54) is 5.20 Å². The van der Waals surface area contributed by atoms with Gasteiger partial charge in [-0.05, 0) is 26.7 Å². The minimum atomic E-state index is -0.382. The first-order valence-electron chi connectivity index (χ1n) is 5.36. The Hall–Kier alpha value is -0.123. The van der Waals surface area contributed by atoms with E-state index in [2.05, 4.69) is 19.2 Å². The molecule has 0 aromatic heterocycles. The van der Waals surface area contributed by atoms with Gasteiger partial charge in [0.2, 0.25) is 0 Å². The van der Waals surface area contributed by atoms with Crippen molar-refractivity contribution in [3.8, 4) is 0 Å². The van der Waals surface area contributed by atoms with Crippen LogP contribution in [0.15, 0.2) is 11.3 Å². The lowest BCUT2D eigenvalue weighted by Gasteiger charge is -2.26. The molecule has 2 nitrogen and oxygen atoms in total. The molecule has 1 radical (unpaired) electrons. The standard InChI is InChI=1S/C11H19O2Si/c1-11(2)12-8-6-5-7-9(14(3)4)10(8)13-11/h7-8,10H,5-6H2,1-4H3/t8-,10-/m0/s1. The summed E-state index contributed by atoms with van der Waals surface area (Å²) in [4.78, 5) is 0. The summed E-state index contributed by atoms with van der Waals surface area (Å²) in [5.41, 5.74) is 0. The van der Waals surface area contributed by atoms with E-state index in [4.69, 9.17) is 9.47 Å². The van der Waals surface area contributed by atoms with E-state index in [9.17, 15) is 0 Å². The maximum Gasteiger partial charge on any atom is 0.164 e. The summed E-state index contributed by atoms with van der Waals surface area (Å²) in [6.45, 7) is 8.68. The first kappa shape index (κ1) is 10.4. The van der Waals surface area contributed by atoms with Crippen molar-refractivity contribution in [3.05, 3.63) is 11.3 Å². The van der Waals surface area contributed by atoms with Gasteiger partial charge in [0.05, 0.1) is 14.9 Å². The normalized spacial score (nSPS) is 35.6. The van der Waals surface area contributed by atoms with Crippen molar-refractivity contribution in [2.45, 2.75) is 57.8 Å². The third-order valence-electron chi connectivity index (χ3n) is 2.88. The van der Waals surface area contributed by atoms with Crippen LogP contribution in [-0.2, 0) is 9.47 Å². The number of rotatable bonds is 1. The number of ether oxygens (including phenoxy) is 2. The number of hydrogen-bond acceptors (Lipinski definition) is 2. The van der Waals surface area contributed by atoms with Crippen molar-refractivity contribution in [2.24, 2.45) is 0 Å². The lowest BCUT2D eigenvalue weighted by Crippen LogP contribution is -2.33. The topological polar surface area (TPSA) is 18.5 Å². The van der Waals surface area contributed by atoms with Gasteiger partial charge < -0.3 is 9.47 Å². The second kappa shape index (κ2) is 3.47. The molecule has 3 heteroatoms. The highest BCUT2D eigenvalue weighted by atomic mass is 28.3. The van der Waals surface area contributed by atoms with Gasteiger partial charge in [-0.25, -0.2) is 0 Å². The van der Waals surface area contributed by atoms with Crippen LogP contribution in [0.2, 0.25) is 13.1 Å². The molecule has 0 spiro atoms. The van der Waals surface area contributed by atoms with E-state index in [1.807, 2.05) is 13.8 Å². The molecule has 79 valence electrons. The van der Waals surface area contributed by atoms with Gasteiger partial charge in [-0.15, -0.1) is 0 Å². The fourth-order valence-electron chi connectivity index (χ4n) is 2.32. The Morgan fingerprint density at radius 3 is 2.71 bits per heavy atom. The summed E-state index contributed by atoms with van der Waals surface area (Å²) in [6.07, 6.45) is 5.21. The fraction of sp³-hybridized carbons (Fsp3) is 0.818. The summed E-state index contributed by atoms with van der Waals surface area (Å²) >= 11 is 0. The van der Waals surface area contributed by atoms with Crippen molar-refractivity contribution >= 4 is 8.80 Å². The number of hydrogen-bond donors (Lipinski definition) is 0. The van der Waals surface area contributed by atoms with E-state index < -0.39 is 0 Å². The summed E-state index contributed by atoms with van der Waals surface area (Å²) in [5.74, 6) is -0.379. The van der Waals surface area contributed by atoms with E-state index in [1.54, 1.807) is 0 Å². The van der Waals surface area contributed by atoms with E-state index in [-0.39, 0.29) is 20.7 Å². The van der Waals surface area contributed by atoms with Gasteiger partial charge >= 0.3 is 0 Å². The molecule has 0 aromatic rings. The van der Waals surface area contributed by atoms with Gasteiger partial charge in [0.25, 0.3) is 0 Å². The monoisotopic (exact) mass is 211 g/mol. The zero-order valence-electron chi connectivity index (χ0n) is 9.46. The molecule has 0 bridgehead atoms. The highest BCUT2D eigenvalue weighted by Crippen LogP contribution is 2.37. The Morgan fingerprint density at radius 2 is 2.07 bits per heavy atom. The first-order valence-corrected chi connectivity index (χ1v) is 7.86. The lowest BCUT2D eigenvalue weighted by molar-refractivity contribution is -0.143. The average molecular weight is 211 g/mol. The highest BCUT2D eigenvalue weighted by molar-refractivity contribution is 6.64. The molecular weight excluding hydrogens is 192 g/mol. The number of fused-ring (bicyclic) bond motifs is 1. The Morgan fingerprint density at radius 1 is 1.36 bits per heavy atom. The molecule has 1 fully saturated rings. The third-order valence-corrected chi connectivity index (χ3v) is 4.53. The minimum Gasteiger partial charge on any atom is -0.344 e. The van der Waals surface area contributed by atoms with Crippen molar-refractivity contribution in [2.75, 3.05) is 0 Å².